The Morgan fingerprint density at radius 3 is 2.20 bits per heavy atom. The van der Waals surface area contributed by atoms with E-state index < -0.39 is 21.7 Å². The Morgan fingerprint density at radius 1 is 1.12 bits per heavy atom. The van der Waals surface area contributed by atoms with Gasteiger partial charge in [0.2, 0.25) is 10.0 Å². The zero-order valence-electron chi connectivity index (χ0n) is 15.4. The Morgan fingerprint density at radius 2 is 1.72 bits per heavy atom. The second-order valence-electron chi connectivity index (χ2n) is 7.00. The van der Waals surface area contributed by atoms with Gasteiger partial charge >= 0.3 is 6.09 Å². The summed E-state index contributed by atoms with van der Waals surface area (Å²) in [5, 5.41) is 0. The molecule has 1 fully saturated rings. The first-order chi connectivity index (χ1) is 11.5. The molecule has 2 rings (SSSR count). The summed E-state index contributed by atoms with van der Waals surface area (Å²) in [5.41, 5.74) is 0.192. The van der Waals surface area contributed by atoms with Crippen molar-refractivity contribution in [2.45, 2.75) is 38.2 Å². The molecule has 1 aromatic rings. The van der Waals surface area contributed by atoms with Crippen LogP contribution in [-0.4, -0.2) is 62.6 Å². The van der Waals surface area contributed by atoms with E-state index in [0.29, 0.717) is 18.8 Å². The highest BCUT2D eigenvalue weighted by Gasteiger charge is 2.32. The molecule has 0 unspecified atom stereocenters. The van der Waals surface area contributed by atoms with E-state index in [1.54, 1.807) is 53.0 Å². The minimum absolute atomic E-state index is 0.233. The smallest absolute Gasteiger partial charge is 0.410 e. The number of ether oxygens (including phenoxy) is 2. The normalized spacial score (nSPS) is 16.6. The van der Waals surface area contributed by atoms with Crippen LogP contribution in [0.5, 0.6) is 5.75 Å². The first kappa shape index (κ1) is 19.5. The van der Waals surface area contributed by atoms with E-state index >= 15 is 0 Å². The second-order valence-corrected chi connectivity index (χ2v) is 8.94. The van der Waals surface area contributed by atoms with Crippen LogP contribution < -0.4 is 4.74 Å². The van der Waals surface area contributed by atoms with Gasteiger partial charge in [-0.3, -0.25) is 0 Å². The summed E-state index contributed by atoms with van der Waals surface area (Å²) in [5.74, 6) is 0.647. The zero-order chi connectivity index (χ0) is 18.8. The lowest BCUT2D eigenvalue weighted by atomic mass is 10.2. The van der Waals surface area contributed by atoms with Gasteiger partial charge in [0.05, 0.1) is 12.0 Å². The van der Waals surface area contributed by atoms with Crippen LogP contribution in [0.4, 0.5) is 4.79 Å². The fourth-order valence-corrected chi connectivity index (χ4v) is 4.11. The van der Waals surface area contributed by atoms with Crippen molar-refractivity contribution in [2.24, 2.45) is 0 Å². The van der Waals surface area contributed by atoms with Crippen LogP contribution in [0.2, 0.25) is 0 Å². The molecule has 7 nitrogen and oxygen atoms in total. The lowest BCUT2D eigenvalue weighted by molar-refractivity contribution is 0.0192. The maximum atomic E-state index is 12.8. The van der Waals surface area contributed by atoms with Crippen molar-refractivity contribution in [3.8, 4) is 5.75 Å². The van der Waals surface area contributed by atoms with Crippen molar-refractivity contribution >= 4 is 16.1 Å². The lowest BCUT2D eigenvalue weighted by Crippen LogP contribution is -2.51. The standard InChI is InChI=1S/C17H26N2O5S/c1-13-12-14(6-7-15(13)23-5)25(21,22)19-10-8-18(9-11-19)16(20)24-17(2,3)4/h6-7,12H,8-11H2,1-5H3. The number of piperazine rings is 1. The van der Waals surface area contributed by atoms with Crippen LogP contribution >= 0.6 is 0 Å². The Labute approximate surface area is 149 Å². The third kappa shape index (κ3) is 4.64. The third-order valence-corrected chi connectivity index (χ3v) is 5.79. The molecule has 8 heteroatoms. The van der Waals surface area contributed by atoms with Gasteiger partial charge in [0.1, 0.15) is 11.4 Å². The predicted octanol–water partition coefficient (Wildman–Crippen LogP) is 2.25. The van der Waals surface area contributed by atoms with Crippen LogP contribution in [-0.2, 0) is 14.8 Å². The van der Waals surface area contributed by atoms with Gasteiger partial charge < -0.3 is 14.4 Å². The number of benzene rings is 1. The Kier molecular flexibility index (Phi) is 5.63. The van der Waals surface area contributed by atoms with Crippen LogP contribution in [0.15, 0.2) is 23.1 Å². The van der Waals surface area contributed by atoms with E-state index in [9.17, 15) is 13.2 Å². The number of hydrogen-bond donors (Lipinski definition) is 0. The number of hydrogen-bond acceptors (Lipinski definition) is 5. The fraction of sp³-hybridized carbons (Fsp3) is 0.588. The van der Waals surface area contributed by atoms with Crippen LogP contribution in [0.3, 0.4) is 0 Å². The number of methoxy groups -OCH3 is 1. The number of nitrogens with zero attached hydrogens (tertiary/aromatic N) is 2. The van der Waals surface area contributed by atoms with Gasteiger partial charge in [-0.2, -0.15) is 4.31 Å². The summed E-state index contributed by atoms with van der Waals surface area (Å²) in [6, 6.07) is 4.80. The largest absolute Gasteiger partial charge is 0.496 e. The monoisotopic (exact) mass is 370 g/mol. The molecule has 0 radical (unpaired) electrons. The average molecular weight is 370 g/mol. The molecule has 0 aromatic heterocycles. The average Bonchev–Trinajstić information content (AvgIpc) is 2.53. The number of amides is 1. The predicted molar refractivity (Wildman–Crippen MR) is 94.3 cm³/mol. The molecular formula is C17H26N2O5S. The zero-order valence-corrected chi connectivity index (χ0v) is 16.2. The van der Waals surface area contributed by atoms with E-state index in [2.05, 4.69) is 0 Å². The molecule has 0 atom stereocenters. The Hall–Kier alpha value is -1.80. The quantitative estimate of drug-likeness (QED) is 0.816. The van der Waals surface area contributed by atoms with Gasteiger partial charge in [-0.05, 0) is 51.5 Å². The van der Waals surface area contributed by atoms with E-state index in [4.69, 9.17) is 9.47 Å². The van der Waals surface area contributed by atoms with Gasteiger partial charge in [-0.1, -0.05) is 0 Å². The highest BCUT2D eigenvalue weighted by molar-refractivity contribution is 7.89. The minimum Gasteiger partial charge on any atom is -0.496 e. The Bertz CT molecular complexity index is 732. The number of carbonyl (C=O) groups is 1. The van der Waals surface area contributed by atoms with Gasteiger partial charge in [0.15, 0.2) is 0 Å². The molecule has 1 amide bonds. The highest BCUT2D eigenvalue weighted by atomic mass is 32.2. The van der Waals surface area contributed by atoms with Crippen LogP contribution in [0.25, 0.3) is 0 Å². The second kappa shape index (κ2) is 7.21. The fourth-order valence-electron chi connectivity index (χ4n) is 2.60. The number of aryl methyl sites for hydroxylation is 1. The molecule has 25 heavy (non-hydrogen) atoms. The summed E-state index contributed by atoms with van der Waals surface area (Å²) < 4.78 is 37.5. The number of sulfonamides is 1. The topological polar surface area (TPSA) is 76.2 Å². The van der Waals surface area contributed by atoms with Gasteiger partial charge in [-0.15, -0.1) is 0 Å². The van der Waals surface area contributed by atoms with Gasteiger partial charge in [0, 0.05) is 26.2 Å². The highest BCUT2D eigenvalue weighted by Crippen LogP contribution is 2.24. The molecule has 1 saturated heterocycles. The summed E-state index contributed by atoms with van der Waals surface area (Å²) in [4.78, 5) is 13.8. The summed E-state index contributed by atoms with van der Waals surface area (Å²) >= 11 is 0. The van der Waals surface area contributed by atoms with Crippen molar-refractivity contribution in [2.75, 3.05) is 33.3 Å². The molecular weight excluding hydrogens is 344 g/mol. The van der Waals surface area contributed by atoms with Crippen molar-refractivity contribution < 1.29 is 22.7 Å². The summed E-state index contributed by atoms with van der Waals surface area (Å²) in [7, 11) is -2.05. The van der Waals surface area contributed by atoms with Crippen molar-refractivity contribution in [1.82, 2.24) is 9.21 Å². The molecule has 0 bridgehead atoms. The molecule has 0 N–H and O–H groups in total. The molecule has 0 spiro atoms. The van der Waals surface area contributed by atoms with Gasteiger partial charge in [0.25, 0.3) is 0 Å². The van der Waals surface area contributed by atoms with E-state index in [1.807, 2.05) is 0 Å². The molecule has 1 heterocycles. The molecule has 0 saturated carbocycles. The number of carbonyl (C=O) groups excluding carboxylic acids is 1. The molecule has 0 aliphatic carbocycles. The van der Waals surface area contributed by atoms with Crippen molar-refractivity contribution in [3.63, 3.8) is 0 Å². The third-order valence-electron chi connectivity index (χ3n) is 3.89. The van der Waals surface area contributed by atoms with E-state index in [-0.39, 0.29) is 18.0 Å². The van der Waals surface area contributed by atoms with E-state index in [1.165, 1.54) is 9.21 Å². The first-order valence-corrected chi connectivity index (χ1v) is 9.61. The Balaban J connectivity index is 2.06. The maximum absolute atomic E-state index is 12.8. The summed E-state index contributed by atoms with van der Waals surface area (Å²) in [6.07, 6.45) is -0.412. The SMILES string of the molecule is COc1ccc(S(=O)(=O)N2CCN(C(=O)OC(C)(C)C)CC2)cc1C. The summed E-state index contributed by atoms with van der Waals surface area (Å²) in [6.45, 7) is 8.32. The molecule has 140 valence electrons. The van der Waals surface area contributed by atoms with Crippen molar-refractivity contribution in [3.05, 3.63) is 23.8 Å². The maximum Gasteiger partial charge on any atom is 0.410 e. The first-order valence-electron chi connectivity index (χ1n) is 8.17. The number of rotatable bonds is 3. The van der Waals surface area contributed by atoms with Gasteiger partial charge in [-0.25, -0.2) is 13.2 Å². The molecule has 1 aromatic carbocycles. The van der Waals surface area contributed by atoms with Crippen LogP contribution in [0, 0.1) is 6.92 Å². The van der Waals surface area contributed by atoms with Crippen LogP contribution in [0.1, 0.15) is 26.3 Å². The van der Waals surface area contributed by atoms with E-state index in [0.717, 1.165) is 5.56 Å². The lowest BCUT2D eigenvalue weighted by Gasteiger charge is -2.35. The minimum atomic E-state index is -3.59. The van der Waals surface area contributed by atoms with Crippen molar-refractivity contribution in [1.29, 1.82) is 0 Å². The molecule has 1 aliphatic rings. The molecule has 1 aliphatic heterocycles.